The maximum absolute atomic E-state index is 6.42. The van der Waals surface area contributed by atoms with Crippen LogP contribution in [0.5, 0.6) is 5.75 Å². The number of nitrogens with one attached hydrogen (secondary N) is 1. The molecule has 0 bridgehead atoms. The summed E-state index contributed by atoms with van der Waals surface area (Å²) in [4.78, 5) is 15.9. The zero-order valence-corrected chi connectivity index (χ0v) is 24.4. The Balaban J connectivity index is 1.37. The molecular formula is C30H36N8O3. The highest BCUT2D eigenvalue weighted by Gasteiger charge is 2.33. The van der Waals surface area contributed by atoms with Gasteiger partial charge < -0.3 is 24.9 Å². The smallest absolute Gasteiger partial charge is 0.300 e. The minimum Gasteiger partial charge on any atom is -0.495 e. The van der Waals surface area contributed by atoms with E-state index in [-0.39, 0.29) is 11.8 Å². The van der Waals surface area contributed by atoms with Crippen LogP contribution >= 0.6 is 0 Å². The van der Waals surface area contributed by atoms with Crippen molar-refractivity contribution in [2.75, 3.05) is 38.4 Å². The molecule has 11 nitrogen and oxygen atoms in total. The standard InChI is InChI=1S/C30H36N8O3/c1-17-12-18(2)26-22(13-17)35-29(41-26)34-21-10-9-19(14-23(21)39-5)25-24-27(31)32-16-33-28(24)38(36-25)20-8-7-11-37(15-20)30(3,4)40-6/h9-10,12-14,16,20H,7-8,11,15H2,1-6H3,(H,34,35)(H2,31,32,33)/t20-/m1/s1. The number of hydrogen-bond donors (Lipinski definition) is 2. The van der Waals surface area contributed by atoms with Crippen molar-refractivity contribution >= 4 is 39.7 Å². The molecule has 0 unspecified atom stereocenters. The maximum atomic E-state index is 6.42. The van der Waals surface area contributed by atoms with Gasteiger partial charge in [-0.3, -0.25) is 4.90 Å². The minimum atomic E-state index is -0.374. The van der Waals surface area contributed by atoms with Gasteiger partial charge in [0.15, 0.2) is 11.2 Å². The number of hydrogen-bond acceptors (Lipinski definition) is 10. The van der Waals surface area contributed by atoms with Crippen LogP contribution in [0.25, 0.3) is 33.4 Å². The Morgan fingerprint density at radius 2 is 1.95 bits per heavy atom. The Hall–Kier alpha value is -4.22. The lowest BCUT2D eigenvalue weighted by atomic mass is 10.0. The Morgan fingerprint density at radius 3 is 2.73 bits per heavy atom. The number of rotatable bonds is 7. The van der Waals surface area contributed by atoms with Crippen LogP contribution in [0.1, 0.15) is 43.9 Å². The molecule has 0 spiro atoms. The highest BCUT2D eigenvalue weighted by Crippen LogP contribution is 2.38. The number of nitrogens with zero attached hydrogens (tertiary/aromatic N) is 6. The minimum absolute atomic E-state index is 0.109. The molecule has 3 N–H and O–H groups in total. The summed E-state index contributed by atoms with van der Waals surface area (Å²) in [5.74, 6) is 1.00. The predicted molar refractivity (Wildman–Crippen MR) is 159 cm³/mol. The highest BCUT2D eigenvalue weighted by atomic mass is 16.5. The summed E-state index contributed by atoms with van der Waals surface area (Å²) in [5, 5.41) is 9.08. The Kier molecular flexibility index (Phi) is 6.79. The van der Waals surface area contributed by atoms with Crippen molar-refractivity contribution in [3.05, 3.63) is 47.8 Å². The third-order valence-corrected chi connectivity index (χ3v) is 8.06. The molecule has 0 amide bonds. The lowest BCUT2D eigenvalue weighted by molar-refractivity contribution is -0.122. The van der Waals surface area contributed by atoms with Crippen LogP contribution in [0.2, 0.25) is 0 Å². The Labute approximate surface area is 238 Å². The van der Waals surface area contributed by atoms with E-state index in [1.807, 2.05) is 42.8 Å². The number of benzene rings is 2. The summed E-state index contributed by atoms with van der Waals surface area (Å²) < 4.78 is 19.6. The maximum Gasteiger partial charge on any atom is 0.300 e. The first-order valence-corrected chi connectivity index (χ1v) is 13.8. The predicted octanol–water partition coefficient (Wildman–Crippen LogP) is 5.61. The number of oxazole rings is 1. The molecule has 1 saturated heterocycles. The topological polar surface area (TPSA) is 129 Å². The fourth-order valence-electron chi connectivity index (χ4n) is 5.71. The van der Waals surface area contributed by atoms with Gasteiger partial charge in [0.05, 0.1) is 24.2 Å². The average molecular weight is 557 g/mol. The fourth-order valence-corrected chi connectivity index (χ4v) is 5.71. The van der Waals surface area contributed by atoms with Crippen LogP contribution in [-0.2, 0) is 4.74 Å². The molecule has 6 rings (SSSR count). The third kappa shape index (κ3) is 4.85. The van der Waals surface area contributed by atoms with E-state index in [0.29, 0.717) is 28.9 Å². The third-order valence-electron chi connectivity index (χ3n) is 8.06. The number of aryl methyl sites for hydroxylation is 2. The van der Waals surface area contributed by atoms with Gasteiger partial charge in [0.2, 0.25) is 0 Å². The first-order chi connectivity index (χ1) is 19.7. The largest absolute Gasteiger partial charge is 0.495 e. The second-order valence-electron chi connectivity index (χ2n) is 11.1. The number of anilines is 3. The molecule has 0 radical (unpaired) electrons. The molecule has 5 aromatic rings. The number of nitrogens with two attached hydrogens (primary N) is 1. The van der Waals surface area contributed by atoms with Gasteiger partial charge in [0, 0.05) is 25.8 Å². The van der Waals surface area contributed by atoms with E-state index in [1.54, 1.807) is 14.2 Å². The van der Waals surface area contributed by atoms with Crippen molar-refractivity contribution < 1.29 is 13.9 Å². The molecule has 0 aliphatic carbocycles. The zero-order valence-electron chi connectivity index (χ0n) is 24.4. The molecule has 3 aromatic heterocycles. The first-order valence-electron chi connectivity index (χ1n) is 13.8. The van der Waals surface area contributed by atoms with Crippen LogP contribution < -0.4 is 15.8 Å². The second-order valence-corrected chi connectivity index (χ2v) is 11.1. The fraction of sp³-hybridized carbons (Fsp3) is 0.400. The molecule has 1 aliphatic rings. The van der Waals surface area contributed by atoms with Gasteiger partial charge >= 0.3 is 0 Å². The van der Waals surface area contributed by atoms with Crippen LogP contribution in [0, 0.1) is 13.8 Å². The monoisotopic (exact) mass is 556 g/mol. The normalized spacial score (nSPS) is 16.5. The number of nitrogen functional groups attached to an aromatic ring is 1. The summed E-state index contributed by atoms with van der Waals surface area (Å²) in [6.07, 6.45) is 3.50. The molecule has 41 heavy (non-hydrogen) atoms. The molecule has 11 heteroatoms. The number of aromatic nitrogens is 5. The van der Waals surface area contributed by atoms with E-state index in [9.17, 15) is 0 Å². The summed E-state index contributed by atoms with van der Waals surface area (Å²) in [6, 6.07) is 10.4. The summed E-state index contributed by atoms with van der Waals surface area (Å²) in [7, 11) is 3.38. The van der Waals surface area contributed by atoms with E-state index in [0.717, 1.165) is 64.8 Å². The Bertz CT molecular complexity index is 1740. The van der Waals surface area contributed by atoms with Gasteiger partial charge in [-0.15, -0.1) is 0 Å². The molecule has 4 heterocycles. The van der Waals surface area contributed by atoms with Gasteiger partial charge in [0.1, 0.15) is 34.8 Å². The van der Waals surface area contributed by atoms with Crippen LogP contribution in [-0.4, -0.2) is 62.7 Å². The number of piperidine rings is 1. The van der Waals surface area contributed by atoms with Crippen molar-refractivity contribution in [2.24, 2.45) is 0 Å². The molecule has 214 valence electrons. The van der Waals surface area contributed by atoms with Gasteiger partial charge in [-0.05, 0) is 69.9 Å². The number of fused-ring (bicyclic) bond motifs is 2. The molecule has 1 atom stereocenters. The van der Waals surface area contributed by atoms with E-state index < -0.39 is 0 Å². The highest BCUT2D eigenvalue weighted by molar-refractivity contribution is 5.98. The van der Waals surface area contributed by atoms with Crippen molar-refractivity contribution in [1.82, 2.24) is 29.6 Å². The Morgan fingerprint density at radius 1 is 1.12 bits per heavy atom. The van der Waals surface area contributed by atoms with Crippen molar-refractivity contribution in [1.29, 1.82) is 0 Å². The number of methoxy groups -OCH3 is 2. The van der Waals surface area contributed by atoms with Crippen LogP contribution in [0.3, 0.4) is 0 Å². The van der Waals surface area contributed by atoms with Crippen molar-refractivity contribution in [3.8, 4) is 17.0 Å². The average Bonchev–Trinajstić information content (AvgIpc) is 3.56. The summed E-state index contributed by atoms with van der Waals surface area (Å²) >= 11 is 0. The van der Waals surface area contributed by atoms with Crippen LogP contribution in [0.15, 0.2) is 41.1 Å². The number of likely N-dealkylation sites (tertiary alicyclic amines) is 1. The summed E-state index contributed by atoms with van der Waals surface area (Å²) in [6.45, 7) is 9.99. The SMILES string of the molecule is COc1cc(-c2nn([C@@H]3CCCN(C(C)(C)OC)C3)c3ncnc(N)c23)ccc1Nc1nc2cc(C)cc(C)c2o1. The van der Waals surface area contributed by atoms with Gasteiger partial charge in [0.25, 0.3) is 6.01 Å². The van der Waals surface area contributed by atoms with E-state index >= 15 is 0 Å². The van der Waals surface area contributed by atoms with E-state index in [2.05, 4.69) is 45.1 Å². The van der Waals surface area contributed by atoms with Crippen LogP contribution in [0.4, 0.5) is 17.5 Å². The molecule has 1 aliphatic heterocycles. The van der Waals surface area contributed by atoms with Crippen molar-refractivity contribution in [2.45, 2.75) is 52.3 Å². The summed E-state index contributed by atoms with van der Waals surface area (Å²) in [5.41, 5.74) is 12.8. The van der Waals surface area contributed by atoms with Gasteiger partial charge in [-0.2, -0.15) is 10.1 Å². The lowest BCUT2D eigenvalue weighted by Gasteiger charge is -2.42. The zero-order chi connectivity index (χ0) is 28.9. The van der Waals surface area contributed by atoms with Gasteiger partial charge in [-0.25, -0.2) is 14.6 Å². The first kappa shape index (κ1) is 27.0. The molecular weight excluding hydrogens is 520 g/mol. The number of ether oxygens (including phenoxy) is 2. The van der Waals surface area contributed by atoms with Crippen molar-refractivity contribution in [3.63, 3.8) is 0 Å². The van der Waals surface area contributed by atoms with Gasteiger partial charge in [-0.1, -0.05) is 12.1 Å². The quantitative estimate of drug-likeness (QED) is 0.261. The molecule has 1 fully saturated rings. The van der Waals surface area contributed by atoms with E-state index in [4.69, 9.17) is 24.7 Å². The molecule has 2 aromatic carbocycles. The molecule has 0 saturated carbocycles. The van der Waals surface area contributed by atoms with E-state index in [1.165, 1.54) is 6.33 Å². The second kappa shape index (κ2) is 10.3. The lowest BCUT2D eigenvalue weighted by Crippen LogP contribution is -2.50.